The minimum absolute atomic E-state index is 0.144. The number of imidazole rings is 1. The number of carbonyl (C=O) groups excluding carboxylic acids is 1. The van der Waals surface area contributed by atoms with E-state index < -0.39 is 17.8 Å². The van der Waals surface area contributed by atoms with Gasteiger partial charge in [-0.15, -0.1) is 0 Å². The number of hydrogen-bond acceptors (Lipinski definition) is 4. The van der Waals surface area contributed by atoms with Crippen molar-refractivity contribution in [3.8, 4) is 11.3 Å². The molecule has 2 heterocycles. The Labute approximate surface area is 180 Å². The number of anilines is 1. The molecule has 0 aliphatic heterocycles. The van der Waals surface area contributed by atoms with E-state index in [0.717, 1.165) is 39.2 Å². The fraction of sp³-hybridized carbons (Fsp3) is 0.105. The number of halogens is 4. The van der Waals surface area contributed by atoms with Gasteiger partial charge in [0.25, 0.3) is 0 Å². The number of fused-ring (bicyclic) bond motifs is 1. The molecule has 0 fully saturated rings. The van der Waals surface area contributed by atoms with Gasteiger partial charge in [-0.25, -0.2) is 14.8 Å². The summed E-state index contributed by atoms with van der Waals surface area (Å²) in [6.45, 7) is 0.144. The Morgan fingerprint density at radius 2 is 1.93 bits per heavy atom. The Hall–Kier alpha value is -2.92. The summed E-state index contributed by atoms with van der Waals surface area (Å²) in [6.07, 6.45) is -2.76. The number of thiazole rings is 1. The molecule has 0 aliphatic carbocycles. The van der Waals surface area contributed by atoms with E-state index in [-0.39, 0.29) is 11.7 Å². The van der Waals surface area contributed by atoms with Gasteiger partial charge in [0.1, 0.15) is 5.82 Å². The van der Waals surface area contributed by atoms with Crippen LogP contribution in [0.5, 0.6) is 0 Å². The number of urea groups is 1. The molecule has 3 N–H and O–H groups in total. The number of aromatic amines is 1. The first-order valence-corrected chi connectivity index (χ1v) is 10.2. The van der Waals surface area contributed by atoms with Crippen molar-refractivity contribution in [1.82, 2.24) is 20.3 Å². The maximum absolute atomic E-state index is 12.8. The summed E-state index contributed by atoms with van der Waals surface area (Å²) >= 11 is 4.35. The van der Waals surface area contributed by atoms with Crippen molar-refractivity contribution in [3.05, 3.63) is 64.5 Å². The lowest BCUT2D eigenvalue weighted by Crippen LogP contribution is -2.28. The van der Waals surface area contributed by atoms with Gasteiger partial charge in [0, 0.05) is 4.47 Å². The highest BCUT2D eigenvalue weighted by Gasteiger charge is 2.30. The monoisotopic (exact) mass is 495 g/mol. The van der Waals surface area contributed by atoms with Crippen LogP contribution in [0.2, 0.25) is 0 Å². The van der Waals surface area contributed by atoms with E-state index in [1.54, 1.807) is 6.20 Å². The molecule has 0 radical (unpaired) electrons. The first-order valence-electron chi connectivity index (χ1n) is 8.60. The van der Waals surface area contributed by atoms with E-state index >= 15 is 0 Å². The molecule has 6 nitrogen and oxygen atoms in total. The second kappa shape index (κ2) is 8.07. The summed E-state index contributed by atoms with van der Waals surface area (Å²) in [5, 5.41) is 5.38. The molecule has 0 unspecified atom stereocenters. The number of amides is 2. The summed E-state index contributed by atoms with van der Waals surface area (Å²) in [5.74, 6) is 0.558. The van der Waals surface area contributed by atoms with E-state index in [1.807, 2.05) is 24.3 Å². The Morgan fingerprint density at radius 1 is 1.17 bits per heavy atom. The lowest BCUT2D eigenvalue weighted by molar-refractivity contribution is -0.137. The molecule has 11 heteroatoms. The Morgan fingerprint density at radius 3 is 2.67 bits per heavy atom. The van der Waals surface area contributed by atoms with Crippen LogP contribution in [0.4, 0.5) is 23.1 Å². The normalized spacial score (nSPS) is 11.6. The molecule has 4 rings (SSSR count). The van der Waals surface area contributed by atoms with Gasteiger partial charge in [-0.2, -0.15) is 13.2 Å². The van der Waals surface area contributed by atoms with Gasteiger partial charge < -0.3 is 10.3 Å². The number of hydrogen-bond donors (Lipinski definition) is 3. The molecule has 4 aromatic rings. The van der Waals surface area contributed by atoms with E-state index in [4.69, 9.17) is 0 Å². The van der Waals surface area contributed by atoms with Crippen LogP contribution in [-0.4, -0.2) is 21.0 Å². The van der Waals surface area contributed by atoms with Crippen LogP contribution in [0.25, 0.3) is 21.5 Å². The van der Waals surface area contributed by atoms with Crippen LogP contribution < -0.4 is 10.6 Å². The first-order chi connectivity index (χ1) is 14.3. The van der Waals surface area contributed by atoms with Gasteiger partial charge in [-0.3, -0.25) is 5.32 Å². The topological polar surface area (TPSA) is 82.7 Å². The molecule has 0 atom stereocenters. The molecule has 0 saturated heterocycles. The zero-order valence-electron chi connectivity index (χ0n) is 15.0. The standard InChI is InChI=1S/C19H13BrF3N5OS/c20-12-4-1-10(2-5-12)14-8-24-16(26-14)9-25-17(29)28-18-27-13-6-3-11(19(21,22)23)7-15(13)30-18/h1-8H,9H2,(H,24,26)(H2,25,27,28,29). The van der Waals surface area contributed by atoms with Crippen LogP contribution in [0, 0.1) is 0 Å². The summed E-state index contributed by atoms with van der Waals surface area (Å²) < 4.78 is 39.8. The van der Waals surface area contributed by atoms with Crippen molar-refractivity contribution in [2.75, 3.05) is 5.32 Å². The molecular weight excluding hydrogens is 483 g/mol. The van der Waals surface area contributed by atoms with E-state index in [2.05, 4.69) is 41.5 Å². The summed E-state index contributed by atoms with van der Waals surface area (Å²) in [4.78, 5) is 23.6. The molecule has 2 aromatic carbocycles. The SMILES string of the molecule is O=C(NCc1ncc(-c2ccc(Br)cc2)[nH]1)Nc1nc2ccc(C(F)(F)F)cc2s1. The van der Waals surface area contributed by atoms with Crippen LogP contribution in [-0.2, 0) is 12.7 Å². The van der Waals surface area contributed by atoms with Crippen molar-refractivity contribution >= 4 is 48.6 Å². The lowest BCUT2D eigenvalue weighted by Gasteiger charge is -2.04. The van der Waals surface area contributed by atoms with Gasteiger partial charge in [0.15, 0.2) is 5.13 Å². The fourth-order valence-electron chi connectivity index (χ4n) is 2.69. The number of aromatic nitrogens is 3. The summed E-state index contributed by atoms with van der Waals surface area (Å²) in [5.41, 5.74) is 1.39. The second-order valence-electron chi connectivity index (χ2n) is 6.26. The number of carbonyl (C=O) groups is 1. The molecule has 0 aliphatic rings. The number of H-pyrrole nitrogens is 1. The molecule has 2 amide bonds. The summed E-state index contributed by atoms with van der Waals surface area (Å²) in [7, 11) is 0. The zero-order chi connectivity index (χ0) is 21.3. The lowest BCUT2D eigenvalue weighted by atomic mass is 10.2. The third-order valence-corrected chi connectivity index (χ3v) is 5.60. The number of benzene rings is 2. The van der Waals surface area contributed by atoms with E-state index in [9.17, 15) is 18.0 Å². The number of alkyl halides is 3. The zero-order valence-corrected chi connectivity index (χ0v) is 17.5. The third-order valence-electron chi connectivity index (χ3n) is 4.14. The highest BCUT2D eigenvalue weighted by Crippen LogP contribution is 2.34. The van der Waals surface area contributed by atoms with Crippen LogP contribution in [0.3, 0.4) is 0 Å². The van der Waals surface area contributed by atoms with Crippen LogP contribution >= 0.6 is 27.3 Å². The van der Waals surface area contributed by atoms with Crippen molar-refractivity contribution in [1.29, 1.82) is 0 Å². The molecule has 2 aromatic heterocycles. The molecule has 154 valence electrons. The Kier molecular flexibility index (Phi) is 5.48. The maximum atomic E-state index is 12.8. The predicted octanol–water partition coefficient (Wildman–Crippen LogP) is 5.79. The Balaban J connectivity index is 1.37. The van der Waals surface area contributed by atoms with Crippen LogP contribution in [0.15, 0.2) is 53.1 Å². The fourth-order valence-corrected chi connectivity index (χ4v) is 3.85. The average molecular weight is 496 g/mol. The quantitative estimate of drug-likeness (QED) is 0.335. The summed E-state index contributed by atoms with van der Waals surface area (Å²) in [6, 6.07) is 10.4. The van der Waals surface area contributed by atoms with Gasteiger partial charge in [-0.05, 0) is 35.9 Å². The highest BCUT2D eigenvalue weighted by molar-refractivity contribution is 9.10. The Bertz CT molecular complexity index is 1200. The average Bonchev–Trinajstić information content (AvgIpc) is 3.32. The molecule has 0 bridgehead atoms. The van der Waals surface area contributed by atoms with E-state index in [1.165, 1.54) is 6.07 Å². The number of nitrogens with one attached hydrogen (secondary N) is 3. The molecule has 0 saturated carbocycles. The predicted molar refractivity (Wildman–Crippen MR) is 112 cm³/mol. The minimum atomic E-state index is -4.43. The highest BCUT2D eigenvalue weighted by atomic mass is 79.9. The molecule has 0 spiro atoms. The van der Waals surface area contributed by atoms with Gasteiger partial charge in [0.2, 0.25) is 0 Å². The third kappa shape index (κ3) is 4.62. The second-order valence-corrected chi connectivity index (χ2v) is 8.20. The van der Waals surface area contributed by atoms with Crippen molar-refractivity contribution in [2.45, 2.75) is 12.7 Å². The van der Waals surface area contributed by atoms with Gasteiger partial charge in [-0.1, -0.05) is 39.4 Å². The largest absolute Gasteiger partial charge is 0.416 e. The van der Waals surface area contributed by atoms with Crippen molar-refractivity contribution in [2.24, 2.45) is 0 Å². The smallest absolute Gasteiger partial charge is 0.341 e. The number of nitrogens with zero attached hydrogens (tertiary/aromatic N) is 2. The van der Waals surface area contributed by atoms with Crippen molar-refractivity contribution < 1.29 is 18.0 Å². The molecule has 30 heavy (non-hydrogen) atoms. The van der Waals surface area contributed by atoms with Gasteiger partial charge >= 0.3 is 12.2 Å². The van der Waals surface area contributed by atoms with E-state index in [0.29, 0.717) is 16.0 Å². The minimum Gasteiger partial charge on any atom is -0.341 e. The van der Waals surface area contributed by atoms with Crippen LogP contribution in [0.1, 0.15) is 11.4 Å². The maximum Gasteiger partial charge on any atom is 0.416 e. The number of rotatable bonds is 4. The van der Waals surface area contributed by atoms with Crippen molar-refractivity contribution in [3.63, 3.8) is 0 Å². The first kappa shape index (κ1) is 20.4. The molecular formula is C19H13BrF3N5OS. The van der Waals surface area contributed by atoms with Gasteiger partial charge in [0.05, 0.1) is 34.2 Å².